The van der Waals surface area contributed by atoms with Gasteiger partial charge in [0.15, 0.2) is 12.4 Å². The number of pyridine rings is 1. The molecule has 2 bridgehead atoms. The second-order valence-corrected chi connectivity index (χ2v) is 6.05. The number of hydrogen-bond acceptors (Lipinski definition) is 2. The van der Waals surface area contributed by atoms with Gasteiger partial charge in [-0.1, -0.05) is 6.42 Å². The van der Waals surface area contributed by atoms with E-state index in [1.54, 1.807) is 12.1 Å². The number of carbonyl (C=O) groups is 1. The average molecular weight is 260 g/mol. The molecular weight excluding hydrogens is 240 g/mol. The number of amides is 1. The first-order chi connectivity index (χ1) is 9.13. The topological polar surface area (TPSA) is 56.0 Å². The lowest BCUT2D eigenvalue weighted by Crippen LogP contribution is -2.40. The molecule has 2 saturated carbocycles. The highest BCUT2D eigenvalue weighted by atomic mass is 16.5. The Morgan fingerprint density at radius 2 is 2.11 bits per heavy atom. The van der Waals surface area contributed by atoms with Crippen LogP contribution >= 0.6 is 0 Å². The van der Waals surface area contributed by atoms with Crippen LogP contribution in [0.1, 0.15) is 43.0 Å². The van der Waals surface area contributed by atoms with Crippen molar-refractivity contribution in [2.24, 2.45) is 17.8 Å². The molecule has 0 spiro atoms. The fourth-order valence-corrected chi connectivity index (χ4v) is 3.87. The smallest absolute Gasteiger partial charge is 0.251 e. The van der Waals surface area contributed by atoms with E-state index in [4.69, 9.17) is 0 Å². The SMILES string of the molecule is C[C@@H](NC(=O)c1cc[n+]([O-])cc1)[C@@H]1C[C@H]2CC[C@H]1C2. The summed E-state index contributed by atoms with van der Waals surface area (Å²) in [7, 11) is 0. The molecule has 1 aromatic heterocycles. The van der Waals surface area contributed by atoms with E-state index < -0.39 is 0 Å². The second-order valence-electron chi connectivity index (χ2n) is 6.05. The first kappa shape index (κ1) is 12.5. The average Bonchev–Trinajstić information content (AvgIpc) is 3.01. The number of nitrogens with one attached hydrogen (secondary N) is 1. The highest BCUT2D eigenvalue weighted by Gasteiger charge is 2.42. The summed E-state index contributed by atoms with van der Waals surface area (Å²) in [5.41, 5.74) is 0.558. The molecule has 1 amide bonds. The minimum absolute atomic E-state index is 0.0733. The van der Waals surface area contributed by atoms with E-state index in [1.165, 1.54) is 38.1 Å². The molecule has 2 aliphatic carbocycles. The van der Waals surface area contributed by atoms with Gasteiger partial charge in [0.25, 0.3) is 5.91 Å². The summed E-state index contributed by atoms with van der Waals surface area (Å²) >= 11 is 0. The van der Waals surface area contributed by atoms with Crippen LogP contribution in [0, 0.1) is 23.0 Å². The van der Waals surface area contributed by atoms with Gasteiger partial charge >= 0.3 is 0 Å². The Morgan fingerprint density at radius 3 is 2.68 bits per heavy atom. The van der Waals surface area contributed by atoms with Crippen LogP contribution in [0.25, 0.3) is 0 Å². The zero-order valence-corrected chi connectivity index (χ0v) is 11.2. The van der Waals surface area contributed by atoms with Gasteiger partial charge in [-0.2, -0.15) is 4.73 Å². The van der Waals surface area contributed by atoms with E-state index in [0.29, 0.717) is 16.2 Å². The Morgan fingerprint density at radius 1 is 1.37 bits per heavy atom. The van der Waals surface area contributed by atoms with Gasteiger partial charge in [0.2, 0.25) is 0 Å². The fraction of sp³-hybridized carbons (Fsp3) is 0.600. The number of aromatic nitrogens is 1. The lowest BCUT2D eigenvalue weighted by molar-refractivity contribution is -0.605. The molecule has 2 aliphatic rings. The summed E-state index contributed by atoms with van der Waals surface area (Å²) < 4.78 is 0.691. The van der Waals surface area contributed by atoms with Crippen LogP contribution < -0.4 is 10.0 Å². The predicted molar refractivity (Wildman–Crippen MR) is 71.3 cm³/mol. The molecule has 19 heavy (non-hydrogen) atoms. The van der Waals surface area contributed by atoms with Crippen LogP contribution in [0.3, 0.4) is 0 Å². The Balaban J connectivity index is 1.61. The molecule has 0 saturated heterocycles. The predicted octanol–water partition coefficient (Wildman–Crippen LogP) is 1.87. The van der Waals surface area contributed by atoms with Crippen molar-refractivity contribution in [3.8, 4) is 0 Å². The van der Waals surface area contributed by atoms with Gasteiger partial charge in [-0.15, -0.1) is 0 Å². The van der Waals surface area contributed by atoms with Crippen molar-refractivity contribution in [2.45, 2.75) is 38.6 Å². The van der Waals surface area contributed by atoms with Gasteiger partial charge in [0.1, 0.15) is 0 Å². The van der Waals surface area contributed by atoms with E-state index in [1.807, 2.05) is 0 Å². The Kier molecular flexibility index (Phi) is 3.17. The Bertz CT molecular complexity index is 472. The van der Waals surface area contributed by atoms with Crippen molar-refractivity contribution >= 4 is 5.91 Å². The molecular formula is C15H20N2O2. The molecule has 0 aromatic carbocycles. The van der Waals surface area contributed by atoms with Crippen molar-refractivity contribution in [1.82, 2.24) is 5.32 Å². The lowest BCUT2D eigenvalue weighted by atomic mass is 9.84. The van der Waals surface area contributed by atoms with Crippen molar-refractivity contribution in [1.29, 1.82) is 0 Å². The van der Waals surface area contributed by atoms with Crippen molar-refractivity contribution in [3.63, 3.8) is 0 Å². The number of rotatable bonds is 3. The first-order valence-electron chi connectivity index (χ1n) is 7.13. The quantitative estimate of drug-likeness (QED) is 0.666. The summed E-state index contributed by atoms with van der Waals surface area (Å²) in [5, 5.41) is 14.0. The zero-order chi connectivity index (χ0) is 13.4. The fourth-order valence-electron chi connectivity index (χ4n) is 3.87. The minimum Gasteiger partial charge on any atom is -0.619 e. The number of carbonyl (C=O) groups excluding carboxylic acids is 1. The number of fused-ring (bicyclic) bond motifs is 2. The van der Waals surface area contributed by atoms with Crippen LogP contribution in [0.5, 0.6) is 0 Å². The second kappa shape index (κ2) is 4.83. The highest BCUT2D eigenvalue weighted by molar-refractivity contribution is 5.94. The van der Waals surface area contributed by atoms with E-state index in [9.17, 15) is 10.0 Å². The minimum atomic E-state index is -0.0733. The maximum absolute atomic E-state index is 12.1. The van der Waals surface area contributed by atoms with Gasteiger partial charge in [-0.05, 0) is 43.9 Å². The van der Waals surface area contributed by atoms with Gasteiger partial charge in [-0.3, -0.25) is 4.79 Å². The molecule has 1 heterocycles. The van der Waals surface area contributed by atoms with Crippen LogP contribution in [0.4, 0.5) is 0 Å². The van der Waals surface area contributed by atoms with E-state index in [0.717, 1.165) is 11.8 Å². The third-order valence-corrected chi connectivity index (χ3v) is 4.86. The van der Waals surface area contributed by atoms with Crippen LogP contribution in [-0.2, 0) is 0 Å². The molecule has 0 unspecified atom stereocenters. The van der Waals surface area contributed by atoms with Crippen molar-refractivity contribution in [2.75, 3.05) is 0 Å². The molecule has 1 aromatic rings. The summed E-state index contributed by atoms with van der Waals surface area (Å²) in [6, 6.07) is 3.36. The van der Waals surface area contributed by atoms with Crippen LogP contribution in [-0.4, -0.2) is 11.9 Å². The molecule has 3 rings (SSSR count). The Labute approximate surface area is 113 Å². The molecule has 4 atom stereocenters. The van der Waals surface area contributed by atoms with Crippen molar-refractivity contribution < 1.29 is 9.52 Å². The van der Waals surface area contributed by atoms with Gasteiger partial charge in [0.05, 0.1) is 5.56 Å². The zero-order valence-electron chi connectivity index (χ0n) is 11.2. The molecule has 1 N–H and O–H groups in total. The molecule has 0 radical (unpaired) electrons. The Hall–Kier alpha value is -1.58. The third-order valence-electron chi connectivity index (χ3n) is 4.86. The molecule has 0 aliphatic heterocycles. The third kappa shape index (κ3) is 2.44. The highest BCUT2D eigenvalue weighted by Crippen LogP contribution is 2.49. The summed E-state index contributed by atoms with van der Waals surface area (Å²) in [6.07, 6.45) is 8.04. The first-order valence-corrected chi connectivity index (χ1v) is 7.13. The maximum Gasteiger partial charge on any atom is 0.251 e. The number of nitrogens with zero attached hydrogens (tertiary/aromatic N) is 1. The molecule has 2 fully saturated rings. The summed E-state index contributed by atoms with van der Waals surface area (Å²) in [5.74, 6) is 2.26. The molecule has 4 heteroatoms. The summed E-state index contributed by atoms with van der Waals surface area (Å²) in [6.45, 7) is 2.11. The monoisotopic (exact) mass is 260 g/mol. The summed E-state index contributed by atoms with van der Waals surface area (Å²) in [4.78, 5) is 12.1. The van der Waals surface area contributed by atoms with Crippen molar-refractivity contribution in [3.05, 3.63) is 35.3 Å². The largest absolute Gasteiger partial charge is 0.619 e. The van der Waals surface area contributed by atoms with Gasteiger partial charge in [-0.25, -0.2) is 0 Å². The van der Waals surface area contributed by atoms with Crippen LogP contribution in [0.15, 0.2) is 24.5 Å². The van der Waals surface area contributed by atoms with E-state index in [2.05, 4.69) is 12.2 Å². The van der Waals surface area contributed by atoms with E-state index in [-0.39, 0.29) is 11.9 Å². The van der Waals surface area contributed by atoms with Gasteiger partial charge < -0.3 is 10.5 Å². The maximum atomic E-state index is 12.1. The van der Waals surface area contributed by atoms with Crippen LogP contribution in [0.2, 0.25) is 0 Å². The van der Waals surface area contributed by atoms with E-state index >= 15 is 0 Å². The lowest BCUT2D eigenvalue weighted by Gasteiger charge is -2.28. The molecule has 4 nitrogen and oxygen atoms in total. The normalized spacial score (nSPS) is 30.3. The standard InChI is InChI=1S/C15H20N2O2/c1-10(14-9-11-2-3-13(14)8-11)16-15(18)12-4-6-17(19)7-5-12/h4-7,10-11,13-14H,2-3,8-9H2,1H3,(H,16,18)/t10-,11+,13+,14+/m1/s1. The van der Waals surface area contributed by atoms with Gasteiger partial charge in [0, 0.05) is 18.2 Å². The number of hydrogen-bond donors (Lipinski definition) is 1. The molecule has 102 valence electrons.